The predicted octanol–water partition coefficient (Wildman–Crippen LogP) is 2.33. The maximum atomic E-state index is 13.9. The fraction of sp³-hybridized carbons (Fsp3) is 0.500. The Hall–Kier alpha value is -3.05. The molecule has 2 amide bonds. The molecule has 38 heavy (non-hydrogen) atoms. The van der Waals surface area contributed by atoms with Crippen LogP contribution in [-0.2, 0) is 27.3 Å². The van der Waals surface area contributed by atoms with Crippen LogP contribution in [0.1, 0.15) is 30.4 Å². The van der Waals surface area contributed by atoms with Crippen molar-refractivity contribution in [3.63, 3.8) is 0 Å². The van der Waals surface area contributed by atoms with E-state index < -0.39 is 16.7 Å². The van der Waals surface area contributed by atoms with Crippen molar-refractivity contribution < 1.29 is 28.1 Å². The number of hydrogen-bond acceptors (Lipinski definition) is 6. The lowest BCUT2D eigenvalue weighted by Gasteiger charge is -2.47. The van der Waals surface area contributed by atoms with E-state index in [9.17, 15) is 19.2 Å². The Morgan fingerprint density at radius 3 is 2.42 bits per heavy atom. The highest BCUT2D eigenvalue weighted by Crippen LogP contribution is 2.27. The van der Waals surface area contributed by atoms with Crippen LogP contribution in [0.3, 0.4) is 0 Å². The average molecular weight is 529 g/mol. The summed E-state index contributed by atoms with van der Waals surface area (Å²) < 4.78 is 23.4. The number of nitrogens with zero attached hydrogens (tertiary/aromatic N) is 2. The fourth-order valence-electron chi connectivity index (χ4n) is 5.26. The van der Waals surface area contributed by atoms with Crippen molar-refractivity contribution in [1.29, 1.82) is 0 Å². The van der Waals surface area contributed by atoms with Gasteiger partial charge in [0.25, 0.3) is 0 Å². The summed E-state index contributed by atoms with van der Waals surface area (Å²) in [6.45, 7) is 1.63. The van der Waals surface area contributed by atoms with Crippen LogP contribution in [0, 0.1) is 11.0 Å². The molecule has 0 bridgehead atoms. The molecule has 0 radical (unpaired) electrons. The quantitative estimate of drug-likeness (QED) is 0.363. The lowest BCUT2D eigenvalue weighted by Crippen LogP contribution is -2.65. The van der Waals surface area contributed by atoms with Gasteiger partial charge in [0, 0.05) is 32.2 Å². The molecule has 2 N–H and O–H groups in total. The van der Waals surface area contributed by atoms with E-state index in [1.54, 1.807) is 24.1 Å². The number of aryl methyl sites for hydroxylation is 1. The number of hydrogen-bond donors (Lipinski definition) is 2. The lowest BCUT2D eigenvalue weighted by molar-refractivity contribution is -0.874. The summed E-state index contributed by atoms with van der Waals surface area (Å²) in [7, 11) is 3.14. The molecule has 0 spiro atoms. The summed E-state index contributed by atoms with van der Waals surface area (Å²) in [5.74, 6) is -0.167. The van der Waals surface area contributed by atoms with Gasteiger partial charge >= 0.3 is 0 Å². The number of carbonyl (C=O) groups excluding carboxylic acids is 2. The number of quaternary nitrogens is 1. The zero-order chi connectivity index (χ0) is 27.1. The van der Waals surface area contributed by atoms with Crippen LogP contribution in [0.4, 0.5) is 4.39 Å². The molecule has 4 rings (SSSR count). The molecule has 0 aromatic heterocycles. The topological polar surface area (TPSA) is 103 Å². The van der Waals surface area contributed by atoms with E-state index in [1.165, 1.54) is 19.2 Å². The second kappa shape index (κ2) is 12.7. The second-order valence-corrected chi connectivity index (χ2v) is 10.1. The molecule has 10 heteroatoms. The molecule has 3 atom stereocenters. The molecular weight excluding hydrogens is 491 g/mol. The third-order valence-electron chi connectivity index (χ3n) is 7.45. The molecule has 2 saturated heterocycles. The van der Waals surface area contributed by atoms with Crippen LogP contribution in [0.25, 0.3) is 0 Å². The van der Waals surface area contributed by atoms with Crippen molar-refractivity contribution in [2.45, 2.75) is 50.4 Å². The highest BCUT2D eigenvalue weighted by molar-refractivity contribution is 5.88. The number of nitrogens with one attached hydrogen (secondary N) is 2. The number of benzene rings is 2. The van der Waals surface area contributed by atoms with Crippen molar-refractivity contribution in [1.82, 2.24) is 15.5 Å². The van der Waals surface area contributed by atoms with E-state index in [-0.39, 0.29) is 43.3 Å². The Kier molecular flexibility index (Phi) is 9.32. The molecule has 3 unspecified atom stereocenters. The standard InChI is InChI=1S/C28H37FN4O5/c1-33(36)19-30-18-25(33)27(28(35)31-17-21-3-8-22(29)9-4-21)32(23-13-15-38-16-14-23)26(34)12-7-20-5-10-24(37-2)11-6-20/h3-6,8-11,23,25,27,30H,7,12-19H2,1-2H3,(H,31,35). The van der Waals surface area contributed by atoms with Gasteiger partial charge in [0.05, 0.1) is 20.7 Å². The van der Waals surface area contributed by atoms with Gasteiger partial charge in [-0.3, -0.25) is 14.9 Å². The predicted molar refractivity (Wildman–Crippen MR) is 140 cm³/mol. The normalized spacial score (nSPS) is 22.6. The Labute approximate surface area is 223 Å². The van der Waals surface area contributed by atoms with Crippen LogP contribution in [-0.4, -0.2) is 80.1 Å². The summed E-state index contributed by atoms with van der Waals surface area (Å²) in [6, 6.07) is 11.6. The van der Waals surface area contributed by atoms with Gasteiger partial charge in [-0.25, -0.2) is 4.39 Å². The van der Waals surface area contributed by atoms with Crippen LogP contribution in [0.5, 0.6) is 5.75 Å². The van der Waals surface area contributed by atoms with Crippen LogP contribution >= 0.6 is 0 Å². The van der Waals surface area contributed by atoms with Crippen molar-refractivity contribution in [3.05, 3.63) is 70.7 Å². The Morgan fingerprint density at radius 1 is 1.16 bits per heavy atom. The molecule has 206 valence electrons. The van der Waals surface area contributed by atoms with Gasteiger partial charge in [-0.1, -0.05) is 24.3 Å². The largest absolute Gasteiger partial charge is 0.632 e. The van der Waals surface area contributed by atoms with E-state index in [2.05, 4.69) is 10.6 Å². The van der Waals surface area contributed by atoms with Crippen LogP contribution in [0.2, 0.25) is 0 Å². The van der Waals surface area contributed by atoms with Gasteiger partial charge < -0.3 is 29.5 Å². The van der Waals surface area contributed by atoms with Crippen LogP contribution < -0.4 is 15.4 Å². The SMILES string of the molecule is COc1ccc(CCC(=O)N(C2CCOCC2)C(C(=O)NCc2ccc(F)cc2)C2CNC[N+]2(C)[O-])cc1. The highest BCUT2D eigenvalue weighted by atomic mass is 19.1. The van der Waals surface area contributed by atoms with Gasteiger partial charge in [0.2, 0.25) is 11.8 Å². The minimum Gasteiger partial charge on any atom is -0.632 e. The molecule has 9 nitrogen and oxygen atoms in total. The summed E-state index contributed by atoms with van der Waals surface area (Å²) in [5.41, 5.74) is 1.71. The van der Waals surface area contributed by atoms with E-state index in [0.29, 0.717) is 39.0 Å². The third kappa shape index (κ3) is 6.87. The number of ether oxygens (including phenoxy) is 2. The number of halogens is 1. The van der Waals surface area contributed by atoms with Gasteiger partial charge in [-0.15, -0.1) is 0 Å². The molecule has 2 aromatic rings. The molecule has 2 heterocycles. The molecule has 0 aliphatic carbocycles. The summed E-state index contributed by atoms with van der Waals surface area (Å²) >= 11 is 0. The molecule has 2 fully saturated rings. The van der Waals surface area contributed by atoms with E-state index in [1.807, 2.05) is 24.3 Å². The second-order valence-electron chi connectivity index (χ2n) is 10.1. The molecular formula is C28H37FN4O5. The average Bonchev–Trinajstić information content (AvgIpc) is 3.28. The summed E-state index contributed by atoms with van der Waals surface area (Å²) in [5, 5.41) is 19.4. The van der Waals surface area contributed by atoms with Crippen molar-refractivity contribution >= 4 is 11.8 Å². The monoisotopic (exact) mass is 528 g/mol. The smallest absolute Gasteiger partial charge is 0.249 e. The maximum absolute atomic E-state index is 13.9. The molecule has 0 saturated carbocycles. The maximum Gasteiger partial charge on any atom is 0.249 e. The first-order chi connectivity index (χ1) is 18.3. The Bertz CT molecular complexity index is 1070. The first-order valence-electron chi connectivity index (χ1n) is 13.1. The van der Waals surface area contributed by atoms with Gasteiger partial charge in [-0.2, -0.15) is 0 Å². The van der Waals surface area contributed by atoms with E-state index in [0.717, 1.165) is 16.9 Å². The highest BCUT2D eigenvalue weighted by Gasteiger charge is 2.48. The van der Waals surface area contributed by atoms with Crippen molar-refractivity contribution in [2.24, 2.45) is 0 Å². The van der Waals surface area contributed by atoms with Gasteiger partial charge in [0.15, 0.2) is 6.04 Å². The number of amides is 2. The Morgan fingerprint density at radius 2 is 1.82 bits per heavy atom. The first kappa shape index (κ1) is 28.0. The van der Waals surface area contributed by atoms with E-state index >= 15 is 0 Å². The fourth-order valence-corrected chi connectivity index (χ4v) is 5.26. The minimum absolute atomic E-state index is 0.161. The molecule has 2 aromatic carbocycles. The minimum atomic E-state index is -0.959. The van der Waals surface area contributed by atoms with Crippen LogP contribution in [0.15, 0.2) is 48.5 Å². The summed E-state index contributed by atoms with van der Waals surface area (Å²) in [6.07, 6.45) is 1.89. The number of hydroxylamine groups is 3. The zero-order valence-electron chi connectivity index (χ0n) is 22.0. The lowest BCUT2D eigenvalue weighted by atomic mass is 9.97. The number of rotatable bonds is 10. The molecule has 2 aliphatic heterocycles. The number of likely N-dealkylation sites (N-methyl/N-ethyl adjacent to an activating group) is 1. The molecule has 2 aliphatic rings. The van der Waals surface area contributed by atoms with Crippen molar-refractivity contribution in [3.8, 4) is 5.75 Å². The number of carbonyl (C=O) groups is 2. The van der Waals surface area contributed by atoms with Gasteiger partial charge in [0.1, 0.15) is 24.3 Å². The zero-order valence-corrected chi connectivity index (χ0v) is 22.0. The first-order valence-corrected chi connectivity index (χ1v) is 13.1. The Balaban J connectivity index is 1.58. The van der Waals surface area contributed by atoms with E-state index in [4.69, 9.17) is 9.47 Å². The van der Waals surface area contributed by atoms with Crippen molar-refractivity contribution in [2.75, 3.05) is 40.6 Å². The van der Waals surface area contributed by atoms with Gasteiger partial charge in [-0.05, 0) is 54.7 Å². The third-order valence-corrected chi connectivity index (χ3v) is 7.45. The summed E-state index contributed by atoms with van der Waals surface area (Å²) in [4.78, 5) is 29.3. The number of methoxy groups -OCH3 is 1.